The average molecular weight is 431 g/mol. The quantitative estimate of drug-likeness (QED) is 0.594. The Kier molecular flexibility index (Phi) is 6.37. The first kappa shape index (κ1) is 21.9. The molecule has 1 amide bonds. The van der Waals surface area contributed by atoms with Gasteiger partial charge in [-0.05, 0) is 74.0 Å². The lowest BCUT2D eigenvalue weighted by molar-refractivity contribution is -0.137. The number of carbonyl (C=O) groups is 1. The summed E-state index contributed by atoms with van der Waals surface area (Å²) in [5.41, 5.74) is 1.47. The van der Waals surface area contributed by atoms with Crippen molar-refractivity contribution in [3.8, 4) is 11.1 Å². The zero-order chi connectivity index (χ0) is 22.0. The highest BCUT2D eigenvalue weighted by Crippen LogP contribution is 2.31. The van der Waals surface area contributed by atoms with Crippen molar-refractivity contribution in [3.05, 3.63) is 59.7 Å². The van der Waals surface area contributed by atoms with Gasteiger partial charge in [0, 0.05) is 30.7 Å². The molecule has 0 radical (unpaired) electrons. The van der Waals surface area contributed by atoms with Gasteiger partial charge in [-0.25, -0.2) is 0 Å². The minimum atomic E-state index is -4.34. The molecule has 31 heavy (non-hydrogen) atoms. The molecular weight excluding hydrogens is 401 g/mol. The summed E-state index contributed by atoms with van der Waals surface area (Å²) in [6.07, 6.45) is 1.39. The number of hydrogen-bond acceptors (Lipinski definition) is 2. The second kappa shape index (κ2) is 9.03. The molecule has 3 nitrogen and oxygen atoms in total. The molecule has 2 fully saturated rings. The van der Waals surface area contributed by atoms with E-state index in [9.17, 15) is 18.0 Å². The van der Waals surface area contributed by atoms with Gasteiger partial charge in [0.2, 0.25) is 0 Å². The van der Waals surface area contributed by atoms with Gasteiger partial charge in [0.25, 0.3) is 5.91 Å². The third-order valence-corrected chi connectivity index (χ3v) is 6.73. The molecular formula is C25H29F3N2O. The molecule has 2 aromatic carbocycles. The number of rotatable bonds is 5. The molecule has 2 aliphatic rings. The molecule has 2 heterocycles. The van der Waals surface area contributed by atoms with Crippen molar-refractivity contribution in [2.45, 2.75) is 57.3 Å². The van der Waals surface area contributed by atoms with Crippen LogP contribution in [0.25, 0.3) is 11.1 Å². The van der Waals surface area contributed by atoms with Crippen molar-refractivity contribution in [3.63, 3.8) is 0 Å². The highest BCUT2D eigenvalue weighted by Gasteiger charge is 2.33. The smallest absolute Gasteiger partial charge is 0.334 e. The Hall–Kier alpha value is -2.34. The number of hydrogen-bond donors (Lipinski definition) is 0. The molecule has 0 N–H and O–H groups in total. The zero-order valence-electron chi connectivity index (χ0n) is 17.9. The van der Waals surface area contributed by atoms with E-state index in [1.54, 1.807) is 12.1 Å². The molecule has 0 saturated carbocycles. The van der Waals surface area contributed by atoms with Gasteiger partial charge in [0.05, 0.1) is 5.56 Å². The van der Waals surface area contributed by atoms with Crippen LogP contribution in [0.4, 0.5) is 13.2 Å². The number of benzene rings is 2. The lowest BCUT2D eigenvalue weighted by atomic mass is 10.0. The summed E-state index contributed by atoms with van der Waals surface area (Å²) in [5, 5.41) is 0. The van der Waals surface area contributed by atoms with Crippen LogP contribution in [-0.2, 0) is 6.18 Å². The molecule has 2 saturated heterocycles. The predicted octanol–water partition coefficient (Wildman–Crippen LogP) is 5.85. The maximum atomic E-state index is 13.2. The van der Waals surface area contributed by atoms with Crippen LogP contribution in [0.2, 0.25) is 0 Å². The van der Waals surface area contributed by atoms with Crippen LogP contribution in [-0.4, -0.2) is 47.4 Å². The average Bonchev–Trinajstić information content (AvgIpc) is 3.42. The van der Waals surface area contributed by atoms with Gasteiger partial charge >= 0.3 is 6.18 Å². The summed E-state index contributed by atoms with van der Waals surface area (Å²) in [7, 11) is 0. The van der Waals surface area contributed by atoms with Gasteiger partial charge in [-0.1, -0.05) is 31.2 Å². The maximum Gasteiger partial charge on any atom is 0.416 e. The van der Waals surface area contributed by atoms with E-state index in [0.717, 1.165) is 56.6 Å². The van der Waals surface area contributed by atoms with Crippen molar-refractivity contribution >= 4 is 5.91 Å². The van der Waals surface area contributed by atoms with Crippen molar-refractivity contribution in [2.75, 3.05) is 19.6 Å². The highest BCUT2D eigenvalue weighted by molar-refractivity contribution is 5.95. The first-order valence-corrected chi connectivity index (χ1v) is 11.2. The van der Waals surface area contributed by atoms with E-state index in [4.69, 9.17) is 0 Å². The number of carbonyl (C=O) groups excluding carboxylic acids is 1. The summed E-state index contributed by atoms with van der Waals surface area (Å²) in [6, 6.07) is 13.2. The largest absolute Gasteiger partial charge is 0.416 e. The van der Waals surface area contributed by atoms with Crippen LogP contribution < -0.4 is 0 Å². The van der Waals surface area contributed by atoms with Crippen molar-refractivity contribution < 1.29 is 18.0 Å². The lowest BCUT2D eigenvalue weighted by Crippen LogP contribution is -2.44. The Morgan fingerprint density at radius 1 is 0.903 bits per heavy atom. The molecule has 0 spiro atoms. The van der Waals surface area contributed by atoms with E-state index in [1.165, 1.54) is 25.0 Å². The second-order valence-electron chi connectivity index (χ2n) is 8.65. The number of nitrogens with zero attached hydrogens (tertiary/aromatic N) is 2. The fourth-order valence-corrected chi connectivity index (χ4v) is 4.98. The number of amides is 1. The van der Waals surface area contributed by atoms with Gasteiger partial charge in [0.1, 0.15) is 0 Å². The summed E-state index contributed by atoms with van der Waals surface area (Å²) in [5.74, 6) is 0.0497. The third-order valence-electron chi connectivity index (χ3n) is 6.73. The molecule has 2 aromatic rings. The monoisotopic (exact) mass is 430 g/mol. The van der Waals surface area contributed by atoms with Crippen molar-refractivity contribution in [2.24, 2.45) is 0 Å². The Morgan fingerprint density at radius 3 is 2.10 bits per heavy atom. The van der Waals surface area contributed by atoms with Crippen molar-refractivity contribution in [1.82, 2.24) is 9.80 Å². The Morgan fingerprint density at radius 2 is 1.48 bits per heavy atom. The Balaban J connectivity index is 1.44. The van der Waals surface area contributed by atoms with Gasteiger partial charge in [-0.3, -0.25) is 9.69 Å². The third kappa shape index (κ3) is 4.79. The zero-order valence-corrected chi connectivity index (χ0v) is 17.9. The van der Waals surface area contributed by atoms with E-state index in [1.807, 2.05) is 17.0 Å². The van der Waals surface area contributed by atoms with Crippen LogP contribution in [0, 0.1) is 0 Å². The first-order valence-electron chi connectivity index (χ1n) is 11.2. The molecule has 2 aliphatic heterocycles. The Bertz CT molecular complexity index is 892. The fourth-order valence-electron chi connectivity index (χ4n) is 4.98. The minimum Gasteiger partial charge on any atom is -0.334 e. The number of alkyl halides is 3. The fraction of sp³-hybridized carbons (Fsp3) is 0.480. The highest BCUT2D eigenvalue weighted by atomic mass is 19.4. The summed E-state index contributed by atoms with van der Waals surface area (Å²) >= 11 is 0. The van der Waals surface area contributed by atoms with Crippen LogP contribution in [0.5, 0.6) is 0 Å². The normalized spacial score (nSPS) is 22.3. The predicted molar refractivity (Wildman–Crippen MR) is 116 cm³/mol. The standard InChI is InChI=1S/C25H29F3N2O/c1-2-22-5-3-15-29(22)17-23-6-4-16-30(23)24(31)20-9-7-18(8-10-20)19-11-13-21(14-12-19)25(26,27)28/h7-14,22-23H,2-6,15-17H2,1H3/t22-,23+/m1/s1. The molecule has 4 rings (SSSR count). The van der Waals surface area contributed by atoms with E-state index in [-0.39, 0.29) is 11.9 Å². The van der Waals surface area contributed by atoms with Gasteiger partial charge < -0.3 is 4.90 Å². The van der Waals surface area contributed by atoms with Crippen LogP contribution >= 0.6 is 0 Å². The van der Waals surface area contributed by atoms with Crippen LogP contribution in [0.3, 0.4) is 0 Å². The van der Waals surface area contributed by atoms with E-state index in [0.29, 0.717) is 17.2 Å². The van der Waals surface area contributed by atoms with Gasteiger partial charge in [-0.15, -0.1) is 0 Å². The lowest BCUT2D eigenvalue weighted by Gasteiger charge is -2.31. The number of likely N-dealkylation sites (tertiary alicyclic amines) is 2. The molecule has 0 unspecified atom stereocenters. The van der Waals surface area contributed by atoms with E-state index >= 15 is 0 Å². The maximum absolute atomic E-state index is 13.2. The summed E-state index contributed by atoms with van der Waals surface area (Å²) < 4.78 is 38.3. The molecule has 0 aromatic heterocycles. The van der Waals surface area contributed by atoms with E-state index in [2.05, 4.69) is 11.8 Å². The first-order chi connectivity index (χ1) is 14.9. The molecule has 6 heteroatoms. The summed E-state index contributed by atoms with van der Waals surface area (Å²) in [6.45, 7) is 5.10. The minimum absolute atomic E-state index is 0.0497. The molecule has 0 bridgehead atoms. The van der Waals surface area contributed by atoms with Crippen LogP contribution in [0.15, 0.2) is 48.5 Å². The van der Waals surface area contributed by atoms with Crippen LogP contribution in [0.1, 0.15) is 54.9 Å². The summed E-state index contributed by atoms with van der Waals surface area (Å²) in [4.78, 5) is 17.7. The van der Waals surface area contributed by atoms with Gasteiger partial charge in [0.15, 0.2) is 0 Å². The SMILES string of the molecule is CC[C@@H]1CCCN1C[C@@H]1CCCN1C(=O)c1ccc(-c2ccc(C(F)(F)F)cc2)cc1. The molecule has 2 atom stereocenters. The van der Waals surface area contributed by atoms with Crippen molar-refractivity contribution in [1.29, 1.82) is 0 Å². The molecule has 0 aliphatic carbocycles. The second-order valence-corrected chi connectivity index (χ2v) is 8.65. The number of halogens is 3. The molecule has 166 valence electrons. The Labute approximate surface area is 181 Å². The topological polar surface area (TPSA) is 23.6 Å². The van der Waals surface area contributed by atoms with Gasteiger partial charge in [-0.2, -0.15) is 13.2 Å². The van der Waals surface area contributed by atoms with E-state index < -0.39 is 11.7 Å².